The number of hydrogen-bond acceptors (Lipinski definition) is 4. The van der Waals surface area contributed by atoms with Gasteiger partial charge in [0.1, 0.15) is 23.9 Å². The molecule has 0 atom stereocenters. The molecule has 0 aliphatic carbocycles. The van der Waals surface area contributed by atoms with E-state index in [9.17, 15) is 31.5 Å². The second-order valence-corrected chi connectivity index (χ2v) is 7.99. The van der Waals surface area contributed by atoms with Crippen LogP contribution in [0.25, 0.3) is 5.65 Å². The van der Waals surface area contributed by atoms with Crippen molar-refractivity contribution in [3.8, 4) is 5.75 Å². The van der Waals surface area contributed by atoms with E-state index in [-0.39, 0.29) is 34.0 Å². The molecular formula is C25H19F5N4O3. The van der Waals surface area contributed by atoms with Crippen LogP contribution in [0.15, 0.2) is 54.7 Å². The van der Waals surface area contributed by atoms with Crippen molar-refractivity contribution in [1.29, 1.82) is 0 Å². The van der Waals surface area contributed by atoms with Crippen LogP contribution >= 0.6 is 0 Å². The van der Waals surface area contributed by atoms with Gasteiger partial charge in [0.25, 0.3) is 5.91 Å². The first-order valence-corrected chi connectivity index (χ1v) is 10.8. The van der Waals surface area contributed by atoms with Gasteiger partial charge in [0.15, 0.2) is 11.4 Å². The number of benzene rings is 2. The Morgan fingerprint density at radius 1 is 1.03 bits per heavy atom. The highest BCUT2D eigenvalue weighted by molar-refractivity contribution is 6.05. The molecule has 0 unspecified atom stereocenters. The van der Waals surface area contributed by atoms with E-state index < -0.39 is 47.5 Å². The predicted octanol–water partition coefficient (Wildman–Crippen LogP) is 5.73. The molecule has 0 saturated carbocycles. The summed E-state index contributed by atoms with van der Waals surface area (Å²) in [5.41, 5.74) is -1.62. The minimum atomic E-state index is -4.79. The van der Waals surface area contributed by atoms with Gasteiger partial charge in [-0.3, -0.25) is 14.0 Å². The monoisotopic (exact) mass is 518 g/mol. The summed E-state index contributed by atoms with van der Waals surface area (Å²) in [7, 11) is 0. The zero-order valence-corrected chi connectivity index (χ0v) is 19.4. The van der Waals surface area contributed by atoms with Crippen molar-refractivity contribution < 1.29 is 36.3 Å². The molecular weight excluding hydrogens is 499 g/mol. The molecule has 0 aliphatic rings. The van der Waals surface area contributed by atoms with Crippen molar-refractivity contribution in [1.82, 2.24) is 9.38 Å². The lowest BCUT2D eigenvalue weighted by molar-refractivity contribution is -0.136. The van der Waals surface area contributed by atoms with Crippen molar-refractivity contribution in [2.45, 2.75) is 26.6 Å². The molecule has 2 aromatic heterocycles. The fourth-order valence-electron chi connectivity index (χ4n) is 3.71. The summed E-state index contributed by atoms with van der Waals surface area (Å²) < 4.78 is 75.4. The number of carbonyl (C=O) groups excluding carboxylic acids is 2. The Morgan fingerprint density at radius 3 is 2.38 bits per heavy atom. The maximum Gasteiger partial charge on any atom is 0.418 e. The van der Waals surface area contributed by atoms with Gasteiger partial charge in [-0.25, -0.2) is 13.8 Å². The molecule has 12 heteroatoms. The van der Waals surface area contributed by atoms with Gasteiger partial charge in [-0.2, -0.15) is 13.2 Å². The highest BCUT2D eigenvalue weighted by atomic mass is 19.4. The molecule has 0 saturated heterocycles. The number of carbonyl (C=O) groups is 2. The van der Waals surface area contributed by atoms with Gasteiger partial charge < -0.3 is 15.4 Å². The number of imidazole rings is 1. The third-order valence-electron chi connectivity index (χ3n) is 5.33. The Morgan fingerprint density at radius 2 is 1.73 bits per heavy atom. The quantitative estimate of drug-likeness (QED) is 0.320. The zero-order valence-electron chi connectivity index (χ0n) is 19.4. The first-order valence-electron chi connectivity index (χ1n) is 10.8. The SMILES string of the molecule is CC(=O)Nc1ccc(NC(=O)c2c(C)nc3c(OCc4c(F)cccc4F)cccn23)cc1C(F)(F)F. The molecule has 0 bridgehead atoms. The number of pyridine rings is 1. The van der Waals surface area contributed by atoms with Crippen molar-refractivity contribution in [2.75, 3.05) is 10.6 Å². The van der Waals surface area contributed by atoms with Gasteiger partial charge in [-0.1, -0.05) is 6.07 Å². The molecule has 2 aromatic carbocycles. The fourth-order valence-corrected chi connectivity index (χ4v) is 3.71. The predicted molar refractivity (Wildman–Crippen MR) is 124 cm³/mol. The second-order valence-electron chi connectivity index (χ2n) is 7.99. The van der Waals surface area contributed by atoms with E-state index in [2.05, 4.69) is 15.6 Å². The van der Waals surface area contributed by atoms with Crippen LogP contribution in [0.3, 0.4) is 0 Å². The van der Waals surface area contributed by atoms with E-state index >= 15 is 0 Å². The van der Waals surface area contributed by atoms with Gasteiger partial charge in [0.2, 0.25) is 5.91 Å². The number of fused-ring (bicyclic) bond motifs is 1. The number of amides is 2. The van der Waals surface area contributed by atoms with Crippen LogP contribution in [0, 0.1) is 18.6 Å². The standard InChI is InChI=1S/C25H19F5N4O3/c1-13-22(24(36)33-15-8-9-20(32-14(2)35)17(11-15)25(28,29)30)34-10-4-7-21(23(34)31-13)37-12-16-18(26)5-3-6-19(16)27/h3-11H,12H2,1-2H3,(H,32,35)(H,33,36). The summed E-state index contributed by atoms with van der Waals surface area (Å²) in [5, 5.41) is 4.52. The lowest BCUT2D eigenvalue weighted by Gasteiger charge is -2.15. The number of anilines is 2. The van der Waals surface area contributed by atoms with Crippen LogP contribution in [0.1, 0.15) is 34.2 Å². The van der Waals surface area contributed by atoms with E-state index in [4.69, 9.17) is 4.74 Å². The zero-order chi connectivity index (χ0) is 26.9. The maximum atomic E-state index is 14.0. The van der Waals surface area contributed by atoms with Crippen LogP contribution in [0.2, 0.25) is 0 Å². The molecule has 192 valence electrons. The Bertz CT molecular complexity index is 1490. The van der Waals surface area contributed by atoms with E-state index in [1.165, 1.54) is 41.8 Å². The van der Waals surface area contributed by atoms with Crippen molar-refractivity contribution >= 4 is 28.8 Å². The number of rotatable bonds is 6. The van der Waals surface area contributed by atoms with E-state index in [0.717, 1.165) is 25.1 Å². The van der Waals surface area contributed by atoms with Crippen molar-refractivity contribution in [2.24, 2.45) is 0 Å². The molecule has 2 heterocycles. The molecule has 2 amide bonds. The molecule has 0 fully saturated rings. The van der Waals surface area contributed by atoms with Crippen LogP contribution in [-0.2, 0) is 17.6 Å². The molecule has 37 heavy (non-hydrogen) atoms. The van der Waals surface area contributed by atoms with Gasteiger partial charge in [-0.05, 0) is 49.4 Å². The highest BCUT2D eigenvalue weighted by Crippen LogP contribution is 2.37. The maximum absolute atomic E-state index is 14.0. The summed E-state index contributed by atoms with van der Waals surface area (Å²) in [6.45, 7) is 2.16. The Hall–Kier alpha value is -4.48. The van der Waals surface area contributed by atoms with E-state index in [1.54, 1.807) is 0 Å². The molecule has 4 aromatic rings. The van der Waals surface area contributed by atoms with Crippen molar-refractivity contribution in [3.63, 3.8) is 0 Å². The Balaban J connectivity index is 1.63. The molecule has 0 spiro atoms. The summed E-state index contributed by atoms with van der Waals surface area (Å²) in [6, 6.07) is 9.39. The Kier molecular flexibility index (Phi) is 6.84. The third-order valence-corrected chi connectivity index (χ3v) is 5.33. The smallest absolute Gasteiger partial charge is 0.418 e. The molecule has 0 radical (unpaired) electrons. The lowest BCUT2D eigenvalue weighted by Crippen LogP contribution is -2.18. The fraction of sp³-hybridized carbons (Fsp3) is 0.160. The first-order chi connectivity index (χ1) is 17.5. The van der Waals surface area contributed by atoms with E-state index in [1.807, 2.05) is 0 Å². The summed E-state index contributed by atoms with van der Waals surface area (Å²) in [4.78, 5) is 28.6. The van der Waals surface area contributed by atoms with Gasteiger partial charge >= 0.3 is 6.18 Å². The molecule has 7 nitrogen and oxygen atoms in total. The molecule has 2 N–H and O–H groups in total. The number of aromatic nitrogens is 2. The minimum absolute atomic E-state index is 0.0111. The highest BCUT2D eigenvalue weighted by Gasteiger charge is 2.34. The Labute approximate surface area is 206 Å². The van der Waals surface area contributed by atoms with Crippen LogP contribution < -0.4 is 15.4 Å². The number of hydrogen-bond donors (Lipinski definition) is 2. The number of nitrogens with one attached hydrogen (secondary N) is 2. The number of ether oxygens (including phenoxy) is 1. The third kappa shape index (κ3) is 5.37. The number of alkyl halides is 3. The van der Waals surface area contributed by atoms with Gasteiger partial charge in [0.05, 0.1) is 22.5 Å². The minimum Gasteiger partial charge on any atom is -0.485 e. The van der Waals surface area contributed by atoms with E-state index in [0.29, 0.717) is 6.07 Å². The van der Waals surface area contributed by atoms with Crippen LogP contribution in [-0.4, -0.2) is 21.2 Å². The van der Waals surface area contributed by atoms with Crippen LogP contribution in [0.4, 0.5) is 33.3 Å². The number of halogens is 5. The summed E-state index contributed by atoms with van der Waals surface area (Å²) in [5.74, 6) is -2.88. The van der Waals surface area contributed by atoms with Gasteiger partial charge in [-0.15, -0.1) is 0 Å². The van der Waals surface area contributed by atoms with Crippen molar-refractivity contribution in [3.05, 3.63) is 88.9 Å². The first kappa shape index (κ1) is 25.6. The average molecular weight is 518 g/mol. The molecule has 0 aliphatic heterocycles. The summed E-state index contributed by atoms with van der Waals surface area (Å²) in [6.07, 6.45) is -3.30. The second kappa shape index (κ2) is 9.88. The molecule has 4 rings (SSSR count). The average Bonchev–Trinajstić information content (AvgIpc) is 3.15. The van der Waals surface area contributed by atoms with Gasteiger partial charge in [0, 0.05) is 18.8 Å². The largest absolute Gasteiger partial charge is 0.485 e. The topological polar surface area (TPSA) is 84.7 Å². The van der Waals surface area contributed by atoms with Crippen LogP contribution in [0.5, 0.6) is 5.75 Å². The normalized spacial score (nSPS) is 11.4. The number of aryl methyl sites for hydroxylation is 1. The number of nitrogens with zero attached hydrogens (tertiary/aromatic N) is 2. The summed E-state index contributed by atoms with van der Waals surface area (Å²) >= 11 is 0. The lowest BCUT2D eigenvalue weighted by atomic mass is 10.1.